The molecule has 1 fully saturated rings. The first-order valence-electron chi connectivity index (χ1n) is 6.60. The van der Waals surface area contributed by atoms with Crippen LogP contribution in [0.4, 0.5) is 5.69 Å². The third kappa shape index (κ3) is 3.68. The van der Waals surface area contributed by atoms with Crippen molar-refractivity contribution in [3.8, 4) is 5.75 Å². The van der Waals surface area contributed by atoms with Crippen LogP contribution < -0.4 is 15.4 Å². The molecule has 1 aromatic rings. The summed E-state index contributed by atoms with van der Waals surface area (Å²) in [5.41, 5.74) is 1.38. The van der Waals surface area contributed by atoms with Gasteiger partial charge in [-0.05, 0) is 44.1 Å². The minimum absolute atomic E-state index is 0.0135. The third-order valence-electron chi connectivity index (χ3n) is 3.15. The van der Waals surface area contributed by atoms with Crippen molar-refractivity contribution in [2.45, 2.75) is 20.0 Å². The van der Waals surface area contributed by atoms with Crippen LogP contribution in [0.15, 0.2) is 18.2 Å². The first kappa shape index (κ1) is 13.8. The van der Waals surface area contributed by atoms with E-state index in [0.717, 1.165) is 13.1 Å². The topological polar surface area (TPSA) is 70.6 Å². The van der Waals surface area contributed by atoms with Gasteiger partial charge in [0.05, 0.1) is 13.2 Å². The Kier molecular flexibility index (Phi) is 4.76. The molecule has 5 nitrogen and oxygen atoms in total. The molecule has 1 aromatic carbocycles. The van der Waals surface area contributed by atoms with Gasteiger partial charge in [0, 0.05) is 17.7 Å². The predicted octanol–water partition coefficient (Wildman–Crippen LogP) is 1.13. The van der Waals surface area contributed by atoms with E-state index in [1.807, 2.05) is 6.92 Å². The van der Waals surface area contributed by atoms with Gasteiger partial charge in [0.1, 0.15) is 5.75 Å². The molecule has 104 valence electrons. The summed E-state index contributed by atoms with van der Waals surface area (Å²) >= 11 is 0. The highest BCUT2D eigenvalue weighted by Crippen LogP contribution is 2.23. The van der Waals surface area contributed by atoms with Crippen LogP contribution >= 0.6 is 0 Å². The number of hydrogen-bond acceptors (Lipinski definition) is 4. The second kappa shape index (κ2) is 6.54. The van der Waals surface area contributed by atoms with E-state index in [0.29, 0.717) is 35.9 Å². The van der Waals surface area contributed by atoms with E-state index in [9.17, 15) is 9.90 Å². The number of amides is 1. The maximum Gasteiger partial charge on any atom is 0.224 e. The molecule has 1 aliphatic rings. The van der Waals surface area contributed by atoms with Gasteiger partial charge in [-0.1, -0.05) is 0 Å². The van der Waals surface area contributed by atoms with Crippen molar-refractivity contribution in [1.82, 2.24) is 5.32 Å². The second-order valence-electron chi connectivity index (χ2n) is 4.69. The van der Waals surface area contributed by atoms with Crippen molar-refractivity contribution in [3.63, 3.8) is 0 Å². The lowest BCUT2D eigenvalue weighted by molar-refractivity contribution is -0.117. The summed E-state index contributed by atoms with van der Waals surface area (Å²) in [5.74, 6) is 1.12. The smallest absolute Gasteiger partial charge is 0.224 e. The van der Waals surface area contributed by atoms with Crippen LogP contribution in [0.5, 0.6) is 5.75 Å². The average molecular weight is 264 g/mol. The van der Waals surface area contributed by atoms with Gasteiger partial charge < -0.3 is 20.5 Å². The highest BCUT2D eigenvalue weighted by atomic mass is 16.5. The number of hydrogen-bond donors (Lipinski definition) is 3. The Labute approximate surface area is 113 Å². The summed E-state index contributed by atoms with van der Waals surface area (Å²) in [4.78, 5) is 11.8. The van der Waals surface area contributed by atoms with Crippen molar-refractivity contribution in [1.29, 1.82) is 0 Å². The van der Waals surface area contributed by atoms with Gasteiger partial charge in [0.25, 0.3) is 0 Å². The largest absolute Gasteiger partial charge is 0.494 e. The third-order valence-corrected chi connectivity index (χ3v) is 3.15. The monoisotopic (exact) mass is 264 g/mol. The Bertz CT molecular complexity index is 444. The van der Waals surface area contributed by atoms with Crippen LogP contribution in [-0.4, -0.2) is 30.7 Å². The van der Waals surface area contributed by atoms with Crippen LogP contribution in [0.1, 0.15) is 18.9 Å². The SMILES string of the molecule is CCOc1ccc(NC(=O)CC2CNC2)cc1CO. The highest BCUT2D eigenvalue weighted by Gasteiger charge is 2.20. The van der Waals surface area contributed by atoms with E-state index in [1.165, 1.54) is 0 Å². The first-order chi connectivity index (χ1) is 9.22. The standard InChI is InChI=1S/C14H20N2O3/c1-2-19-13-4-3-12(6-11(13)9-17)16-14(18)5-10-7-15-8-10/h3-4,6,10,15,17H,2,5,7-9H2,1H3,(H,16,18). The molecule has 1 amide bonds. The van der Waals surface area contributed by atoms with E-state index in [1.54, 1.807) is 18.2 Å². The highest BCUT2D eigenvalue weighted by molar-refractivity contribution is 5.91. The van der Waals surface area contributed by atoms with Crippen LogP contribution in [0.2, 0.25) is 0 Å². The van der Waals surface area contributed by atoms with Crippen molar-refractivity contribution < 1.29 is 14.6 Å². The lowest BCUT2D eigenvalue weighted by Crippen LogP contribution is -2.43. The number of aliphatic hydroxyl groups excluding tert-OH is 1. The van der Waals surface area contributed by atoms with Gasteiger partial charge in [-0.2, -0.15) is 0 Å². The van der Waals surface area contributed by atoms with E-state index >= 15 is 0 Å². The summed E-state index contributed by atoms with van der Waals surface area (Å²) in [5, 5.41) is 15.3. The van der Waals surface area contributed by atoms with E-state index < -0.39 is 0 Å². The molecule has 19 heavy (non-hydrogen) atoms. The van der Waals surface area contributed by atoms with Crippen molar-refractivity contribution in [3.05, 3.63) is 23.8 Å². The molecule has 1 heterocycles. The Morgan fingerprint density at radius 2 is 2.32 bits per heavy atom. The zero-order valence-electron chi connectivity index (χ0n) is 11.1. The molecule has 0 spiro atoms. The maximum atomic E-state index is 11.8. The summed E-state index contributed by atoms with van der Waals surface area (Å²) < 4.78 is 5.40. The Hall–Kier alpha value is -1.59. The molecule has 2 rings (SSSR count). The summed E-state index contributed by atoms with van der Waals surface area (Å²) in [6.07, 6.45) is 0.536. The van der Waals surface area contributed by atoms with E-state index in [-0.39, 0.29) is 12.5 Å². The van der Waals surface area contributed by atoms with Gasteiger partial charge in [-0.15, -0.1) is 0 Å². The molecule has 0 aromatic heterocycles. The molecular weight excluding hydrogens is 244 g/mol. The lowest BCUT2D eigenvalue weighted by Gasteiger charge is -2.26. The molecule has 5 heteroatoms. The molecular formula is C14H20N2O3. The fourth-order valence-corrected chi connectivity index (χ4v) is 2.04. The average Bonchev–Trinajstić information content (AvgIpc) is 2.36. The second-order valence-corrected chi connectivity index (χ2v) is 4.69. The summed E-state index contributed by atoms with van der Waals surface area (Å²) in [6, 6.07) is 5.32. The van der Waals surface area contributed by atoms with E-state index in [2.05, 4.69) is 10.6 Å². The summed E-state index contributed by atoms with van der Waals surface area (Å²) in [7, 11) is 0. The van der Waals surface area contributed by atoms with E-state index in [4.69, 9.17) is 4.74 Å². The summed E-state index contributed by atoms with van der Waals surface area (Å²) in [6.45, 7) is 4.17. The Balaban J connectivity index is 1.97. The van der Waals surface area contributed by atoms with Crippen molar-refractivity contribution >= 4 is 11.6 Å². The van der Waals surface area contributed by atoms with Gasteiger partial charge in [-0.3, -0.25) is 4.79 Å². The van der Waals surface area contributed by atoms with Crippen molar-refractivity contribution in [2.24, 2.45) is 5.92 Å². The minimum Gasteiger partial charge on any atom is -0.494 e. The molecule has 1 saturated heterocycles. The Morgan fingerprint density at radius 1 is 1.53 bits per heavy atom. The van der Waals surface area contributed by atoms with Gasteiger partial charge in [0.2, 0.25) is 5.91 Å². The number of carbonyl (C=O) groups is 1. The fraction of sp³-hybridized carbons (Fsp3) is 0.500. The molecule has 3 N–H and O–H groups in total. The molecule has 1 aliphatic heterocycles. The molecule has 0 bridgehead atoms. The molecule has 0 saturated carbocycles. The van der Waals surface area contributed by atoms with Gasteiger partial charge >= 0.3 is 0 Å². The Morgan fingerprint density at radius 3 is 2.89 bits per heavy atom. The first-order valence-corrected chi connectivity index (χ1v) is 6.60. The van der Waals surface area contributed by atoms with Gasteiger partial charge in [0.15, 0.2) is 0 Å². The van der Waals surface area contributed by atoms with Crippen LogP contribution in [-0.2, 0) is 11.4 Å². The van der Waals surface area contributed by atoms with Crippen LogP contribution in [0, 0.1) is 5.92 Å². The van der Waals surface area contributed by atoms with Gasteiger partial charge in [-0.25, -0.2) is 0 Å². The van der Waals surface area contributed by atoms with Crippen molar-refractivity contribution in [2.75, 3.05) is 25.0 Å². The van der Waals surface area contributed by atoms with Crippen LogP contribution in [0.3, 0.4) is 0 Å². The number of rotatable bonds is 6. The normalized spacial score (nSPS) is 14.8. The number of anilines is 1. The number of nitrogens with one attached hydrogen (secondary N) is 2. The predicted molar refractivity (Wildman–Crippen MR) is 73.1 cm³/mol. The molecule has 0 radical (unpaired) electrons. The zero-order valence-corrected chi connectivity index (χ0v) is 11.1. The molecule has 0 atom stereocenters. The number of aliphatic hydroxyl groups is 1. The minimum atomic E-state index is -0.106. The van der Waals surface area contributed by atoms with Crippen LogP contribution in [0.25, 0.3) is 0 Å². The molecule has 0 unspecified atom stereocenters. The fourth-order valence-electron chi connectivity index (χ4n) is 2.04. The quantitative estimate of drug-likeness (QED) is 0.720. The molecule has 0 aliphatic carbocycles. The zero-order chi connectivity index (χ0) is 13.7. The maximum absolute atomic E-state index is 11.8. The number of carbonyl (C=O) groups excluding carboxylic acids is 1. The lowest BCUT2D eigenvalue weighted by atomic mass is 9.99. The number of benzene rings is 1. The number of ether oxygens (including phenoxy) is 1.